The van der Waals surface area contributed by atoms with E-state index < -0.39 is 0 Å². The summed E-state index contributed by atoms with van der Waals surface area (Å²) in [6, 6.07) is 14.7. The monoisotopic (exact) mass is 462 g/mol. The number of benzene rings is 2. The first-order valence-corrected chi connectivity index (χ1v) is 14.6. The van der Waals surface area contributed by atoms with Gasteiger partial charge in [0.05, 0.1) is 0 Å². The van der Waals surface area contributed by atoms with E-state index in [-0.39, 0.29) is 0 Å². The maximum absolute atomic E-state index is 2.55. The summed E-state index contributed by atoms with van der Waals surface area (Å²) in [5.74, 6) is 0. The zero-order valence-electron chi connectivity index (χ0n) is 21.8. The van der Waals surface area contributed by atoms with Gasteiger partial charge in [-0.2, -0.15) is 0 Å². The van der Waals surface area contributed by atoms with Crippen molar-refractivity contribution in [3.05, 3.63) is 58.7 Å². The molecule has 3 rings (SSSR count). The summed E-state index contributed by atoms with van der Waals surface area (Å²) in [6.45, 7) is 9.17. The quantitative estimate of drug-likeness (QED) is 0.197. The number of hydrogen-bond acceptors (Lipinski definition) is 1. The van der Waals surface area contributed by atoms with Crippen LogP contribution in [-0.4, -0.2) is 0 Å². The fourth-order valence-electron chi connectivity index (χ4n) is 4.92. The van der Waals surface area contributed by atoms with Gasteiger partial charge in [-0.3, -0.25) is 0 Å². The molecule has 180 valence electrons. The molecule has 0 aliphatic rings. The smallest absolute Gasteiger partial charge is 0.0381 e. The minimum absolute atomic E-state index is 1.21. The van der Waals surface area contributed by atoms with Crippen LogP contribution in [0.4, 0.5) is 0 Å². The molecule has 0 aliphatic heterocycles. The van der Waals surface area contributed by atoms with Gasteiger partial charge in [-0.15, -0.1) is 11.3 Å². The van der Waals surface area contributed by atoms with Crippen LogP contribution in [-0.2, 0) is 19.3 Å². The van der Waals surface area contributed by atoms with E-state index in [2.05, 4.69) is 64.1 Å². The number of rotatable bonds is 15. The second-order valence-corrected chi connectivity index (χ2v) is 11.1. The lowest BCUT2D eigenvalue weighted by Gasteiger charge is -2.08. The zero-order valence-corrected chi connectivity index (χ0v) is 22.6. The minimum atomic E-state index is 1.21. The van der Waals surface area contributed by atoms with Crippen LogP contribution in [0.25, 0.3) is 20.5 Å². The third-order valence-corrected chi connectivity index (χ3v) is 8.33. The first kappa shape index (κ1) is 26.0. The minimum Gasteiger partial charge on any atom is -0.135 e. The van der Waals surface area contributed by atoms with Gasteiger partial charge in [0.15, 0.2) is 0 Å². The predicted octanol–water partition coefficient (Wildman–Crippen LogP) is 10.9. The molecule has 0 fully saturated rings. The molecule has 0 saturated heterocycles. The summed E-state index contributed by atoms with van der Waals surface area (Å²) in [7, 11) is 0. The van der Waals surface area contributed by atoms with Crippen LogP contribution in [0.1, 0.15) is 114 Å². The normalized spacial score (nSPS) is 11.5. The molecule has 33 heavy (non-hydrogen) atoms. The van der Waals surface area contributed by atoms with Gasteiger partial charge in [0.2, 0.25) is 0 Å². The van der Waals surface area contributed by atoms with Gasteiger partial charge in [0.1, 0.15) is 0 Å². The van der Waals surface area contributed by atoms with Crippen molar-refractivity contribution in [2.75, 3.05) is 0 Å². The first-order chi connectivity index (χ1) is 16.2. The maximum Gasteiger partial charge on any atom is 0.0381 e. The molecule has 0 radical (unpaired) electrons. The Bertz CT molecular complexity index is 978. The van der Waals surface area contributed by atoms with Crippen LogP contribution in [0, 0.1) is 6.92 Å². The lowest BCUT2D eigenvalue weighted by Crippen LogP contribution is -1.92. The second kappa shape index (κ2) is 14.0. The number of aryl methyl sites for hydroxylation is 4. The highest BCUT2D eigenvalue weighted by Gasteiger charge is 2.12. The third-order valence-electron chi connectivity index (χ3n) is 7.05. The second-order valence-electron chi connectivity index (χ2n) is 10.0. The van der Waals surface area contributed by atoms with Crippen LogP contribution in [0.3, 0.4) is 0 Å². The van der Waals surface area contributed by atoms with Crippen molar-refractivity contribution >= 4 is 21.4 Å². The average molecular weight is 463 g/mol. The number of thiophene rings is 1. The summed E-state index contributed by atoms with van der Waals surface area (Å²) in [6.07, 6.45) is 18.3. The zero-order chi connectivity index (χ0) is 23.5. The fraction of sp³-hybridized carbons (Fsp3) is 0.562. The summed E-state index contributed by atoms with van der Waals surface area (Å²) < 4.78 is 1.53. The van der Waals surface area contributed by atoms with E-state index in [0.29, 0.717) is 0 Å². The van der Waals surface area contributed by atoms with Gasteiger partial charge >= 0.3 is 0 Å². The van der Waals surface area contributed by atoms with E-state index in [4.69, 9.17) is 0 Å². The Morgan fingerprint density at radius 1 is 0.606 bits per heavy atom. The maximum atomic E-state index is 2.55. The first-order valence-electron chi connectivity index (χ1n) is 13.8. The molecule has 1 aromatic heterocycles. The van der Waals surface area contributed by atoms with E-state index in [1.54, 1.807) is 11.1 Å². The van der Waals surface area contributed by atoms with E-state index in [1.165, 1.54) is 122 Å². The Labute approximate surface area is 207 Å². The molecule has 0 atom stereocenters. The van der Waals surface area contributed by atoms with Gasteiger partial charge < -0.3 is 0 Å². The lowest BCUT2D eigenvalue weighted by atomic mass is 9.97. The van der Waals surface area contributed by atoms with E-state index in [1.807, 2.05) is 11.3 Å². The topological polar surface area (TPSA) is 0 Å². The summed E-state index contributed by atoms with van der Waals surface area (Å²) >= 11 is 2.02. The molecule has 0 amide bonds. The summed E-state index contributed by atoms with van der Waals surface area (Å²) in [5.41, 5.74) is 7.55. The molecule has 2 aromatic carbocycles. The largest absolute Gasteiger partial charge is 0.135 e. The Morgan fingerprint density at radius 3 is 1.97 bits per heavy atom. The molecule has 0 N–H and O–H groups in total. The van der Waals surface area contributed by atoms with Crippen LogP contribution in [0.2, 0.25) is 0 Å². The standard InChI is InChI=1S/C32H46S/c1-5-8-11-14-16-26-21-29(18-15-12-9-6-2)32-30(22-26)24-31(33-32)28-20-19-25(4)27(23-28)17-13-10-7-3/h19-24H,5-18H2,1-4H3. The summed E-state index contributed by atoms with van der Waals surface area (Å²) in [5, 5.41) is 1.47. The van der Waals surface area contributed by atoms with E-state index in [9.17, 15) is 0 Å². The number of fused-ring (bicyclic) bond motifs is 1. The molecule has 0 bridgehead atoms. The Hall–Kier alpha value is -1.60. The SMILES string of the molecule is CCCCCCc1cc(CCCCCC)c2sc(-c3ccc(C)c(CCCCC)c3)cc2c1. The summed E-state index contributed by atoms with van der Waals surface area (Å²) in [4.78, 5) is 1.44. The number of unbranched alkanes of at least 4 members (excludes halogenated alkanes) is 8. The van der Waals surface area contributed by atoms with Crippen molar-refractivity contribution in [3.63, 3.8) is 0 Å². The Kier molecular flexibility index (Phi) is 11.0. The molecular formula is C32H46S. The van der Waals surface area contributed by atoms with Crippen LogP contribution in [0.15, 0.2) is 36.4 Å². The molecule has 0 unspecified atom stereocenters. The molecular weight excluding hydrogens is 416 g/mol. The van der Waals surface area contributed by atoms with Gasteiger partial charge in [-0.1, -0.05) is 102 Å². The third kappa shape index (κ3) is 7.71. The average Bonchev–Trinajstić information content (AvgIpc) is 3.25. The highest BCUT2D eigenvalue weighted by Crippen LogP contribution is 2.38. The van der Waals surface area contributed by atoms with Crippen LogP contribution >= 0.6 is 11.3 Å². The highest BCUT2D eigenvalue weighted by atomic mass is 32.1. The Balaban J connectivity index is 1.88. The van der Waals surface area contributed by atoms with Crippen molar-refractivity contribution in [2.24, 2.45) is 0 Å². The Morgan fingerprint density at radius 2 is 1.24 bits per heavy atom. The van der Waals surface area contributed by atoms with E-state index in [0.717, 1.165) is 0 Å². The van der Waals surface area contributed by atoms with Crippen LogP contribution < -0.4 is 0 Å². The van der Waals surface area contributed by atoms with Crippen molar-refractivity contribution in [1.29, 1.82) is 0 Å². The van der Waals surface area contributed by atoms with Crippen molar-refractivity contribution in [2.45, 2.75) is 118 Å². The van der Waals surface area contributed by atoms with Gasteiger partial charge in [-0.25, -0.2) is 0 Å². The molecule has 0 nitrogen and oxygen atoms in total. The number of hydrogen-bond donors (Lipinski definition) is 0. The lowest BCUT2D eigenvalue weighted by molar-refractivity contribution is 0.662. The molecule has 0 saturated carbocycles. The van der Waals surface area contributed by atoms with Crippen LogP contribution in [0.5, 0.6) is 0 Å². The molecule has 1 heteroatoms. The van der Waals surface area contributed by atoms with Gasteiger partial charge in [0, 0.05) is 9.58 Å². The van der Waals surface area contributed by atoms with Gasteiger partial charge in [-0.05, 0) is 84.7 Å². The van der Waals surface area contributed by atoms with Gasteiger partial charge in [0.25, 0.3) is 0 Å². The molecule has 1 heterocycles. The molecule has 3 aromatic rings. The highest BCUT2D eigenvalue weighted by molar-refractivity contribution is 7.22. The van der Waals surface area contributed by atoms with Crippen molar-refractivity contribution in [1.82, 2.24) is 0 Å². The van der Waals surface area contributed by atoms with E-state index >= 15 is 0 Å². The van der Waals surface area contributed by atoms with Crippen molar-refractivity contribution < 1.29 is 0 Å². The molecule has 0 aliphatic carbocycles. The molecule has 0 spiro atoms. The fourth-order valence-corrected chi connectivity index (χ4v) is 6.10. The predicted molar refractivity (Wildman–Crippen MR) is 151 cm³/mol. The van der Waals surface area contributed by atoms with Crippen molar-refractivity contribution in [3.8, 4) is 10.4 Å².